The third kappa shape index (κ3) is 6.06. The molecule has 6 nitrogen and oxygen atoms in total. The Bertz CT molecular complexity index is 804. The van der Waals surface area contributed by atoms with Crippen molar-refractivity contribution in [3.63, 3.8) is 0 Å². The minimum Gasteiger partial charge on any atom is -0.493 e. The highest BCUT2D eigenvalue weighted by Gasteiger charge is 2.23. The normalized spacial score (nSPS) is 15.8. The largest absolute Gasteiger partial charge is 0.493 e. The first-order chi connectivity index (χ1) is 13.6. The lowest BCUT2D eigenvalue weighted by Gasteiger charge is -2.11. The zero-order valence-electron chi connectivity index (χ0n) is 15.4. The molecule has 1 unspecified atom stereocenters. The fourth-order valence-corrected chi connectivity index (χ4v) is 2.85. The fourth-order valence-electron chi connectivity index (χ4n) is 2.85. The van der Waals surface area contributed by atoms with Crippen LogP contribution >= 0.6 is 0 Å². The number of halogens is 1. The van der Waals surface area contributed by atoms with Crippen LogP contribution in [0, 0.1) is 5.82 Å². The van der Waals surface area contributed by atoms with Gasteiger partial charge in [0.25, 0.3) is 5.91 Å². The molecule has 0 radical (unpaired) electrons. The molecule has 0 bridgehead atoms. The van der Waals surface area contributed by atoms with Gasteiger partial charge in [0.15, 0.2) is 0 Å². The van der Waals surface area contributed by atoms with Crippen molar-refractivity contribution in [3.05, 3.63) is 54.3 Å². The predicted molar refractivity (Wildman–Crippen MR) is 104 cm³/mol. The van der Waals surface area contributed by atoms with E-state index in [4.69, 9.17) is 9.47 Å². The number of anilines is 2. The van der Waals surface area contributed by atoms with Crippen LogP contribution in [0.1, 0.15) is 25.7 Å². The first-order valence-corrected chi connectivity index (χ1v) is 9.31. The molecule has 7 heteroatoms. The second kappa shape index (κ2) is 9.85. The van der Waals surface area contributed by atoms with Crippen molar-refractivity contribution in [2.75, 3.05) is 23.8 Å². The SMILES string of the molecule is O=C(CCCOc1cccc(F)c1)Nc1ccc(NC(=O)C2CCCO2)cc1. The molecule has 1 heterocycles. The number of rotatable bonds is 8. The van der Waals surface area contributed by atoms with Crippen LogP contribution in [0.15, 0.2) is 48.5 Å². The van der Waals surface area contributed by atoms with Crippen LogP contribution in [0.3, 0.4) is 0 Å². The molecule has 2 amide bonds. The molecular weight excluding hydrogens is 363 g/mol. The maximum Gasteiger partial charge on any atom is 0.253 e. The van der Waals surface area contributed by atoms with Gasteiger partial charge in [0.2, 0.25) is 5.91 Å². The van der Waals surface area contributed by atoms with Crippen molar-refractivity contribution in [1.29, 1.82) is 0 Å². The molecular formula is C21H23FN2O4. The van der Waals surface area contributed by atoms with Gasteiger partial charge in [-0.2, -0.15) is 0 Å². The van der Waals surface area contributed by atoms with Gasteiger partial charge in [0.1, 0.15) is 17.7 Å². The number of benzene rings is 2. The summed E-state index contributed by atoms with van der Waals surface area (Å²) in [7, 11) is 0. The summed E-state index contributed by atoms with van der Waals surface area (Å²) in [5, 5.41) is 5.60. The summed E-state index contributed by atoms with van der Waals surface area (Å²) in [5.41, 5.74) is 1.30. The van der Waals surface area contributed by atoms with Crippen molar-refractivity contribution in [2.24, 2.45) is 0 Å². The third-order valence-corrected chi connectivity index (χ3v) is 4.27. The molecule has 1 aliphatic heterocycles. The molecule has 2 N–H and O–H groups in total. The first kappa shape index (κ1) is 19.8. The highest BCUT2D eigenvalue weighted by molar-refractivity contribution is 5.95. The molecule has 1 fully saturated rings. The van der Waals surface area contributed by atoms with Gasteiger partial charge in [-0.25, -0.2) is 4.39 Å². The van der Waals surface area contributed by atoms with Crippen LogP contribution in [0.2, 0.25) is 0 Å². The Morgan fingerprint density at radius 3 is 2.54 bits per heavy atom. The van der Waals surface area contributed by atoms with E-state index in [2.05, 4.69) is 10.6 Å². The van der Waals surface area contributed by atoms with Gasteiger partial charge in [-0.15, -0.1) is 0 Å². The highest BCUT2D eigenvalue weighted by Crippen LogP contribution is 2.18. The van der Waals surface area contributed by atoms with Crippen LogP contribution in [0.5, 0.6) is 5.75 Å². The Hall–Kier alpha value is -2.93. The lowest BCUT2D eigenvalue weighted by Crippen LogP contribution is -2.26. The Morgan fingerprint density at radius 2 is 1.86 bits per heavy atom. The Morgan fingerprint density at radius 1 is 1.11 bits per heavy atom. The monoisotopic (exact) mass is 386 g/mol. The molecule has 3 rings (SSSR count). The maximum absolute atomic E-state index is 13.1. The van der Waals surface area contributed by atoms with Gasteiger partial charge in [0, 0.05) is 30.5 Å². The molecule has 0 aromatic heterocycles. The quantitative estimate of drug-likeness (QED) is 0.678. The van der Waals surface area contributed by atoms with Crippen LogP contribution in [-0.2, 0) is 14.3 Å². The van der Waals surface area contributed by atoms with E-state index in [0.29, 0.717) is 36.8 Å². The van der Waals surface area contributed by atoms with E-state index in [1.807, 2.05) is 0 Å². The lowest BCUT2D eigenvalue weighted by molar-refractivity contribution is -0.124. The average molecular weight is 386 g/mol. The number of amides is 2. The zero-order valence-corrected chi connectivity index (χ0v) is 15.4. The van der Waals surface area contributed by atoms with Crippen molar-refractivity contribution in [2.45, 2.75) is 31.8 Å². The molecule has 2 aromatic rings. The van der Waals surface area contributed by atoms with E-state index in [9.17, 15) is 14.0 Å². The number of ether oxygens (including phenoxy) is 2. The molecule has 28 heavy (non-hydrogen) atoms. The molecule has 1 saturated heterocycles. The number of hydrogen-bond donors (Lipinski definition) is 2. The average Bonchev–Trinajstić information content (AvgIpc) is 3.22. The second-order valence-corrected chi connectivity index (χ2v) is 6.53. The molecule has 0 aliphatic carbocycles. The molecule has 1 aliphatic rings. The molecule has 1 atom stereocenters. The van der Waals surface area contributed by atoms with Gasteiger partial charge in [0.05, 0.1) is 6.61 Å². The summed E-state index contributed by atoms with van der Waals surface area (Å²) in [6.45, 7) is 0.946. The number of carbonyl (C=O) groups excluding carboxylic acids is 2. The minimum absolute atomic E-state index is 0.140. The molecule has 0 spiro atoms. The summed E-state index contributed by atoms with van der Waals surface area (Å²) in [6, 6.07) is 12.8. The fraction of sp³-hybridized carbons (Fsp3) is 0.333. The molecule has 148 valence electrons. The third-order valence-electron chi connectivity index (χ3n) is 4.27. The summed E-state index contributed by atoms with van der Waals surface area (Å²) >= 11 is 0. The smallest absolute Gasteiger partial charge is 0.253 e. The minimum atomic E-state index is -0.381. The Kier molecular flexibility index (Phi) is 6.97. The van der Waals surface area contributed by atoms with E-state index < -0.39 is 0 Å². The highest BCUT2D eigenvalue weighted by atomic mass is 19.1. The summed E-state index contributed by atoms with van der Waals surface area (Å²) < 4.78 is 23.8. The van der Waals surface area contributed by atoms with Crippen molar-refractivity contribution >= 4 is 23.2 Å². The Labute approximate surface area is 163 Å². The Balaban J connectivity index is 1.37. The van der Waals surface area contributed by atoms with Crippen molar-refractivity contribution in [1.82, 2.24) is 0 Å². The van der Waals surface area contributed by atoms with E-state index >= 15 is 0 Å². The standard InChI is InChI=1S/C21H23FN2O4/c22-15-4-1-5-18(14-15)27-12-3-7-20(25)23-16-8-10-17(11-9-16)24-21(26)19-6-2-13-28-19/h1,4-5,8-11,14,19H,2-3,6-7,12-13H2,(H,23,25)(H,24,26). The predicted octanol–water partition coefficient (Wildman–Crippen LogP) is 3.74. The van der Waals surface area contributed by atoms with E-state index in [1.54, 1.807) is 36.4 Å². The summed E-state index contributed by atoms with van der Waals surface area (Å²) in [6.07, 6.45) is 2.05. The zero-order chi connectivity index (χ0) is 19.8. The second-order valence-electron chi connectivity index (χ2n) is 6.53. The summed E-state index contributed by atoms with van der Waals surface area (Å²) in [4.78, 5) is 24.0. The van der Waals surface area contributed by atoms with Crippen LogP contribution < -0.4 is 15.4 Å². The number of carbonyl (C=O) groups is 2. The van der Waals surface area contributed by atoms with E-state index in [0.717, 1.165) is 12.8 Å². The van der Waals surface area contributed by atoms with E-state index in [-0.39, 0.29) is 30.2 Å². The van der Waals surface area contributed by atoms with Crippen LogP contribution in [0.4, 0.5) is 15.8 Å². The van der Waals surface area contributed by atoms with Gasteiger partial charge in [-0.3, -0.25) is 9.59 Å². The molecule has 0 saturated carbocycles. The topological polar surface area (TPSA) is 76.7 Å². The van der Waals surface area contributed by atoms with Gasteiger partial charge in [-0.05, 0) is 55.7 Å². The maximum atomic E-state index is 13.1. The summed E-state index contributed by atoms with van der Waals surface area (Å²) in [5.74, 6) is -0.196. The van der Waals surface area contributed by atoms with E-state index in [1.165, 1.54) is 12.1 Å². The van der Waals surface area contributed by atoms with Gasteiger partial charge in [-0.1, -0.05) is 6.07 Å². The van der Waals surface area contributed by atoms with Crippen molar-refractivity contribution in [3.8, 4) is 5.75 Å². The first-order valence-electron chi connectivity index (χ1n) is 9.31. The van der Waals surface area contributed by atoms with Gasteiger partial charge >= 0.3 is 0 Å². The number of hydrogen-bond acceptors (Lipinski definition) is 4. The van der Waals surface area contributed by atoms with Crippen LogP contribution in [0.25, 0.3) is 0 Å². The van der Waals surface area contributed by atoms with Crippen molar-refractivity contribution < 1.29 is 23.5 Å². The van der Waals surface area contributed by atoms with Gasteiger partial charge < -0.3 is 20.1 Å². The van der Waals surface area contributed by atoms with Crippen LogP contribution in [-0.4, -0.2) is 31.1 Å². The molecule has 2 aromatic carbocycles. The lowest BCUT2D eigenvalue weighted by atomic mass is 10.2. The number of nitrogens with one attached hydrogen (secondary N) is 2.